The van der Waals surface area contributed by atoms with Gasteiger partial charge >= 0.3 is 6.18 Å². The number of nitrogens with zero attached hydrogens (tertiary/aromatic N) is 10. The second-order valence-corrected chi connectivity index (χ2v) is 11.5. The topological polar surface area (TPSA) is 154 Å². The van der Waals surface area contributed by atoms with Crippen molar-refractivity contribution in [3.8, 4) is 28.8 Å². The number of anilines is 2. The lowest BCUT2D eigenvalue weighted by Crippen LogP contribution is -2.45. The molecule has 2 aliphatic rings. The van der Waals surface area contributed by atoms with Gasteiger partial charge in [-0.05, 0) is 60.7 Å². The highest BCUT2D eigenvalue weighted by atomic mass is 19.4. The molecule has 6 rings (SSSR count). The first kappa shape index (κ1) is 32.1. The van der Waals surface area contributed by atoms with Crippen LogP contribution in [0.4, 0.5) is 24.8 Å². The van der Waals surface area contributed by atoms with Crippen molar-refractivity contribution in [3.63, 3.8) is 0 Å². The number of tetrazole rings is 1. The lowest BCUT2D eigenvalue weighted by atomic mass is 9.90. The van der Waals surface area contributed by atoms with Crippen LogP contribution in [-0.2, 0) is 11.3 Å². The predicted octanol–water partition coefficient (Wildman–Crippen LogP) is 4.17. The van der Waals surface area contributed by atoms with Gasteiger partial charge in [0.15, 0.2) is 6.61 Å². The Balaban J connectivity index is 1.15. The van der Waals surface area contributed by atoms with Crippen LogP contribution in [0.25, 0.3) is 11.1 Å². The summed E-state index contributed by atoms with van der Waals surface area (Å²) in [4.78, 5) is 11.2. The van der Waals surface area contributed by atoms with Crippen LogP contribution in [0, 0.1) is 11.3 Å². The Hall–Kier alpha value is -4.82. The fraction of sp³-hybridized carbons (Fsp3) is 0.500. The van der Waals surface area contributed by atoms with Gasteiger partial charge in [-0.25, -0.2) is 14.6 Å². The highest BCUT2D eigenvalue weighted by molar-refractivity contribution is 5.67. The van der Waals surface area contributed by atoms with Gasteiger partial charge in [0.25, 0.3) is 5.88 Å². The molecule has 1 saturated heterocycles. The first-order valence-corrected chi connectivity index (χ1v) is 15.4. The molecule has 4 heterocycles. The number of ether oxygens (including phenoxy) is 3. The summed E-state index contributed by atoms with van der Waals surface area (Å²) in [7, 11) is 0. The van der Waals surface area contributed by atoms with Crippen LogP contribution < -0.4 is 14.8 Å². The van der Waals surface area contributed by atoms with Gasteiger partial charge in [0, 0.05) is 37.1 Å². The van der Waals surface area contributed by atoms with Gasteiger partial charge in [-0.1, -0.05) is 6.07 Å². The van der Waals surface area contributed by atoms with Gasteiger partial charge < -0.3 is 19.5 Å². The highest BCUT2D eigenvalue weighted by Gasteiger charge is 2.32. The van der Waals surface area contributed by atoms with Crippen molar-refractivity contribution in [2.75, 3.05) is 38.2 Å². The molecule has 0 unspecified atom stereocenters. The molecule has 4 aromatic rings. The molecule has 2 fully saturated rings. The molecule has 0 radical (unpaired) electrons. The molecule has 1 aliphatic heterocycles. The fourth-order valence-corrected chi connectivity index (χ4v) is 5.87. The van der Waals surface area contributed by atoms with Crippen molar-refractivity contribution < 1.29 is 27.4 Å². The molecule has 1 aromatic carbocycles. The summed E-state index contributed by atoms with van der Waals surface area (Å²) < 4.78 is 59.0. The van der Waals surface area contributed by atoms with E-state index in [1.165, 1.54) is 11.0 Å². The number of halogens is 3. The SMILES string of the molecule is C[C@@H](Cn1cnnn1)Oc1cc(-c2cnc(Nc3cn([C@H]4CC[C@H](N5CCOCC5)CC4)nc3OCC(F)(F)F)nc2)ccc1C#N. The predicted molar refractivity (Wildman–Crippen MR) is 161 cm³/mol. The molecule has 0 spiro atoms. The summed E-state index contributed by atoms with van der Waals surface area (Å²) in [5.41, 5.74) is 1.94. The Kier molecular flexibility index (Phi) is 9.78. The summed E-state index contributed by atoms with van der Waals surface area (Å²) in [5, 5.41) is 28.0. The Morgan fingerprint density at radius 2 is 1.83 bits per heavy atom. The van der Waals surface area contributed by atoms with Gasteiger partial charge in [-0.15, -0.1) is 10.2 Å². The molecule has 1 N–H and O–H groups in total. The van der Waals surface area contributed by atoms with Crippen LogP contribution in [0.1, 0.15) is 44.2 Å². The lowest BCUT2D eigenvalue weighted by Gasteiger charge is -2.38. The van der Waals surface area contributed by atoms with Crippen molar-refractivity contribution in [2.45, 2.75) is 63.5 Å². The second kappa shape index (κ2) is 14.3. The van der Waals surface area contributed by atoms with E-state index in [2.05, 4.69) is 46.9 Å². The van der Waals surface area contributed by atoms with Gasteiger partial charge in [0.1, 0.15) is 29.9 Å². The highest BCUT2D eigenvalue weighted by Crippen LogP contribution is 2.35. The number of hydrogen-bond donors (Lipinski definition) is 1. The average molecular weight is 654 g/mol. The van der Waals surface area contributed by atoms with E-state index in [9.17, 15) is 18.4 Å². The quantitative estimate of drug-likeness (QED) is 0.247. The summed E-state index contributed by atoms with van der Waals surface area (Å²) in [5.74, 6) is 0.363. The smallest absolute Gasteiger partial charge is 0.422 e. The second-order valence-electron chi connectivity index (χ2n) is 11.5. The maximum atomic E-state index is 13.1. The molecule has 1 atom stereocenters. The Morgan fingerprint density at radius 3 is 2.51 bits per heavy atom. The third-order valence-corrected chi connectivity index (χ3v) is 8.17. The largest absolute Gasteiger partial charge is 0.487 e. The summed E-state index contributed by atoms with van der Waals surface area (Å²) in [6, 6.07) is 7.75. The zero-order valence-electron chi connectivity index (χ0n) is 25.7. The lowest BCUT2D eigenvalue weighted by molar-refractivity contribution is -0.154. The number of rotatable bonds is 11. The third-order valence-electron chi connectivity index (χ3n) is 8.17. The van der Waals surface area contributed by atoms with Gasteiger partial charge in [0.2, 0.25) is 5.95 Å². The Morgan fingerprint density at radius 1 is 1.09 bits per heavy atom. The number of nitriles is 1. The molecular weight excluding hydrogens is 619 g/mol. The molecule has 14 nitrogen and oxygen atoms in total. The number of nitrogens with one attached hydrogen (secondary N) is 1. The van der Waals surface area contributed by atoms with Crippen molar-refractivity contribution in [2.24, 2.45) is 0 Å². The minimum absolute atomic E-state index is 0.0303. The van der Waals surface area contributed by atoms with Gasteiger partial charge in [0.05, 0.1) is 37.6 Å². The molecule has 0 bridgehead atoms. The zero-order chi connectivity index (χ0) is 32.8. The maximum absolute atomic E-state index is 13.1. The van der Waals surface area contributed by atoms with E-state index in [-0.39, 0.29) is 29.7 Å². The van der Waals surface area contributed by atoms with E-state index < -0.39 is 12.8 Å². The molecule has 3 aromatic heterocycles. The molecule has 0 amide bonds. The number of hydrogen-bond acceptors (Lipinski definition) is 12. The Bertz CT molecular complexity index is 1640. The van der Waals surface area contributed by atoms with E-state index in [1.807, 2.05) is 6.92 Å². The summed E-state index contributed by atoms with van der Waals surface area (Å²) in [6.07, 6.45) is 5.04. The van der Waals surface area contributed by atoms with Crippen LogP contribution in [0.15, 0.2) is 43.1 Å². The van der Waals surface area contributed by atoms with Crippen LogP contribution in [0.2, 0.25) is 0 Å². The number of benzene rings is 1. The monoisotopic (exact) mass is 653 g/mol. The minimum Gasteiger partial charge on any atom is -0.487 e. The van der Waals surface area contributed by atoms with Crippen LogP contribution in [0.5, 0.6) is 11.6 Å². The number of alkyl halides is 3. The van der Waals surface area contributed by atoms with Crippen LogP contribution in [-0.4, -0.2) is 96.1 Å². The van der Waals surface area contributed by atoms with E-state index >= 15 is 0 Å². The third kappa shape index (κ3) is 8.32. The normalized spacial score (nSPS) is 19.6. The van der Waals surface area contributed by atoms with E-state index in [1.54, 1.807) is 41.5 Å². The van der Waals surface area contributed by atoms with Crippen molar-refractivity contribution in [1.82, 2.24) is 44.9 Å². The summed E-state index contributed by atoms with van der Waals surface area (Å²) >= 11 is 0. The molecular formula is C30H34F3N11O3. The van der Waals surface area contributed by atoms with Crippen LogP contribution >= 0.6 is 0 Å². The molecule has 1 saturated carbocycles. The van der Waals surface area contributed by atoms with Gasteiger partial charge in [-0.3, -0.25) is 9.58 Å². The first-order chi connectivity index (χ1) is 22.7. The van der Waals surface area contributed by atoms with Crippen LogP contribution in [0.3, 0.4) is 0 Å². The number of aromatic nitrogens is 8. The fourth-order valence-electron chi connectivity index (χ4n) is 5.87. The molecule has 17 heteroatoms. The summed E-state index contributed by atoms with van der Waals surface area (Å²) in [6.45, 7) is 4.06. The molecule has 47 heavy (non-hydrogen) atoms. The van der Waals surface area contributed by atoms with E-state index in [4.69, 9.17) is 14.2 Å². The van der Waals surface area contributed by atoms with Crippen molar-refractivity contribution in [1.29, 1.82) is 5.26 Å². The maximum Gasteiger partial charge on any atom is 0.422 e. The van der Waals surface area contributed by atoms with Gasteiger partial charge in [-0.2, -0.15) is 18.4 Å². The van der Waals surface area contributed by atoms with Crippen molar-refractivity contribution in [3.05, 3.63) is 48.7 Å². The standard InChI is InChI=1S/C30H34F3N11O3/c1-20(16-43-19-37-40-41-43)47-27-12-21(2-3-22(27)13-34)23-14-35-29(36-15-23)38-26-17-44(39-28(26)46-18-30(31,32)33)25-6-4-24(5-7-25)42-8-10-45-11-9-42/h2-3,12,14-15,17,19-20,24-25H,4-11,16,18H2,1H3,(H,35,36,38)/t20-,24-,25-/m0/s1. The first-order valence-electron chi connectivity index (χ1n) is 15.4. The minimum atomic E-state index is -4.52. The average Bonchev–Trinajstić information content (AvgIpc) is 3.74. The Labute approximate surface area is 268 Å². The number of morpholine rings is 1. The van der Waals surface area contributed by atoms with Crippen molar-refractivity contribution >= 4 is 11.6 Å². The van der Waals surface area contributed by atoms with E-state index in [0.29, 0.717) is 35.0 Å². The molecule has 248 valence electrons. The zero-order valence-corrected chi connectivity index (χ0v) is 25.7. The molecule has 1 aliphatic carbocycles. The van der Waals surface area contributed by atoms with E-state index in [0.717, 1.165) is 52.0 Å².